The average Bonchev–Trinajstić information content (AvgIpc) is 2.87. The van der Waals surface area contributed by atoms with Gasteiger partial charge < -0.3 is 14.8 Å². The normalized spacial score (nSPS) is 21.5. The van der Waals surface area contributed by atoms with Gasteiger partial charge in [-0.15, -0.1) is 6.42 Å². The number of terminal acetylenes is 1. The minimum atomic E-state index is 0.0323. The highest BCUT2D eigenvalue weighted by Gasteiger charge is 2.24. The van der Waals surface area contributed by atoms with Crippen molar-refractivity contribution in [1.29, 1.82) is 0 Å². The number of hydrogen-bond acceptors (Lipinski definition) is 5. The van der Waals surface area contributed by atoms with Crippen LogP contribution in [0.3, 0.4) is 0 Å². The maximum absolute atomic E-state index is 5.61. The summed E-state index contributed by atoms with van der Waals surface area (Å²) in [7, 11) is 0. The maximum Gasteiger partial charge on any atom is 0.163 e. The fraction of sp³-hybridized carbons (Fsp3) is 0.429. The Morgan fingerprint density at radius 2 is 2.15 bits per heavy atom. The summed E-state index contributed by atoms with van der Waals surface area (Å²) in [4.78, 5) is 2.17. The molecule has 0 bridgehead atoms. The molecule has 5 nitrogen and oxygen atoms in total. The Kier molecular flexibility index (Phi) is 4.01. The number of nitrogens with zero attached hydrogens (tertiary/aromatic N) is 1. The number of rotatable bonds is 3. The summed E-state index contributed by atoms with van der Waals surface area (Å²) < 4.78 is 12.1. The summed E-state index contributed by atoms with van der Waals surface area (Å²) in [6, 6.07) is 3.88. The molecule has 3 rings (SSSR count). The number of anilines is 1. The first kappa shape index (κ1) is 13.6. The van der Waals surface area contributed by atoms with Crippen molar-refractivity contribution < 1.29 is 9.47 Å². The molecule has 2 aliphatic heterocycles. The average molecular weight is 338 g/mol. The number of benzene rings is 1. The predicted octanol–water partition coefficient (Wildman–Crippen LogP) is 1.45. The van der Waals surface area contributed by atoms with Crippen LogP contribution in [-0.2, 0) is 0 Å². The topological polar surface area (TPSA) is 45.8 Å². The van der Waals surface area contributed by atoms with E-state index >= 15 is 0 Å². The highest BCUT2D eigenvalue weighted by Crippen LogP contribution is 2.38. The van der Waals surface area contributed by atoms with Gasteiger partial charge in [0.25, 0.3) is 0 Å². The third kappa shape index (κ3) is 2.70. The van der Waals surface area contributed by atoms with Crippen molar-refractivity contribution in [2.75, 3.05) is 38.2 Å². The van der Waals surface area contributed by atoms with Gasteiger partial charge in [-0.3, -0.25) is 10.2 Å². The number of hydrogen-bond donors (Lipinski definition) is 2. The van der Waals surface area contributed by atoms with Crippen molar-refractivity contribution in [3.63, 3.8) is 0 Å². The lowest BCUT2D eigenvalue weighted by molar-refractivity contribution is 0.171. The van der Waals surface area contributed by atoms with Gasteiger partial charge in [0.15, 0.2) is 11.5 Å². The van der Waals surface area contributed by atoms with E-state index in [9.17, 15) is 0 Å². The summed E-state index contributed by atoms with van der Waals surface area (Å²) in [5.41, 5.74) is 0.954. The fourth-order valence-corrected chi connectivity index (χ4v) is 2.79. The molecule has 1 saturated heterocycles. The smallest absolute Gasteiger partial charge is 0.163 e. The minimum Gasteiger partial charge on any atom is -0.486 e. The van der Waals surface area contributed by atoms with Gasteiger partial charge >= 0.3 is 0 Å². The highest BCUT2D eigenvalue weighted by molar-refractivity contribution is 9.10. The van der Waals surface area contributed by atoms with Crippen LogP contribution in [0.2, 0.25) is 0 Å². The first-order chi connectivity index (χ1) is 9.78. The van der Waals surface area contributed by atoms with E-state index < -0.39 is 0 Å². The molecule has 1 atom stereocenters. The molecule has 0 radical (unpaired) electrons. The summed E-state index contributed by atoms with van der Waals surface area (Å²) >= 11 is 3.56. The van der Waals surface area contributed by atoms with Crippen LogP contribution < -0.4 is 20.1 Å². The Hall–Kier alpha value is -1.42. The van der Waals surface area contributed by atoms with Crippen LogP contribution in [0.1, 0.15) is 0 Å². The van der Waals surface area contributed by atoms with Crippen LogP contribution in [0.4, 0.5) is 5.69 Å². The van der Waals surface area contributed by atoms with Crippen LogP contribution in [0.5, 0.6) is 11.5 Å². The van der Waals surface area contributed by atoms with E-state index in [0.29, 0.717) is 19.8 Å². The van der Waals surface area contributed by atoms with Crippen molar-refractivity contribution in [2.45, 2.75) is 6.29 Å². The molecule has 0 aromatic heterocycles. The van der Waals surface area contributed by atoms with Gasteiger partial charge in [-0.2, -0.15) is 0 Å². The van der Waals surface area contributed by atoms with E-state index in [0.717, 1.165) is 34.7 Å². The van der Waals surface area contributed by atoms with Gasteiger partial charge in [0, 0.05) is 29.7 Å². The largest absolute Gasteiger partial charge is 0.486 e. The Labute approximate surface area is 126 Å². The van der Waals surface area contributed by atoms with Crippen molar-refractivity contribution in [3.05, 3.63) is 16.6 Å². The summed E-state index contributed by atoms with van der Waals surface area (Å²) in [6.45, 7) is 3.64. The van der Waals surface area contributed by atoms with Gasteiger partial charge in [-0.05, 0) is 15.9 Å². The lowest BCUT2D eigenvalue weighted by Crippen LogP contribution is -2.42. The molecular formula is C14H16BrN3O2. The Balaban J connectivity index is 1.78. The fourth-order valence-electron chi connectivity index (χ4n) is 2.35. The van der Waals surface area contributed by atoms with Crippen molar-refractivity contribution in [2.24, 2.45) is 0 Å². The molecule has 0 spiro atoms. The maximum atomic E-state index is 5.61. The van der Waals surface area contributed by atoms with E-state index in [1.165, 1.54) is 0 Å². The Bertz CT molecular complexity index is 544. The molecule has 1 fully saturated rings. The number of fused-ring (bicyclic) bond motifs is 1. The summed E-state index contributed by atoms with van der Waals surface area (Å²) in [5, 5.41) is 6.80. The second kappa shape index (κ2) is 5.92. The predicted molar refractivity (Wildman–Crippen MR) is 81.0 cm³/mol. The second-order valence-corrected chi connectivity index (χ2v) is 5.51. The molecule has 6 heteroatoms. The van der Waals surface area contributed by atoms with Gasteiger partial charge in [0.2, 0.25) is 0 Å². The molecule has 20 heavy (non-hydrogen) atoms. The summed E-state index contributed by atoms with van der Waals surface area (Å²) in [5.74, 6) is 4.22. The van der Waals surface area contributed by atoms with Crippen LogP contribution in [0, 0.1) is 12.3 Å². The lowest BCUT2D eigenvalue weighted by atomic mass is 10.2. The first-order valence-corrected chi connectivity index (χ1v) is 7.34. The summed E-state index contributed by atoms with van der Waals surface area (Å²) in [6.07, 6.45) is 5.42. The molecule has 0 aliphatic carbocycles. The molecule has 1 aromatic rings. The molecule has 2 N–H and O–H groups in total. The third-order valence-electron chi connectivity index (χ3n) is 3.32. The van der Waals surface area contributed by atoms with Crippen LogP contribution >= 0.6 is 15.9 Å². The Morgan fingerprint density at radius 1 is 1.40 bits per heavy atom. The molecule has 1 unspecified atom stereocenters. The van der Waals surface area contributed by atoms with Gasteiger partial charge in [0.1, 0.15) is 19.5 Å². The molecular weight excluding hydrogens is 322 g/mol. The molecule has 0 amide bonds. The monoisotopic (exact) mass is 337 g/mol. The van der Waals surface area contributed by atoms with Crippen LogP contribution in [-0.4, -0.2) is 44.0 Å². The first-order valence-electron chi connectivity index (χ1n) is 6.54. The highest BCUT2D eigenvalue weighted by atomic mass is 79.9. The molecule has 106 valence electrons. The zero-order chi connectivity index (χ0) is 13.9. The van der Waals surface area contributed by atoms with E-state index in [4.69, 9.17) is 15.9 Å². The SMILES string of the molecule is C#CCN1CCNC1Nc1cc2c(cc1Br)OCCO2. The number of ether oxygens (including phenoxy) is 2. The minimum absolute atomic E-state index is 0.0323. The Morgan fingerprint density at radius 3 is 2.90 bits per heavy atom. The van der Waals surface area contributed by atoms with E-state index in [1.54, 1.807) is 0 Å². The zero-order valence-electron chi connectivity index (χ0n) is 11.0. The quantitative estimate of drug-likeness (QED) is 0.817. The lowest BCUT2D eigenvalue weighted by Gasteiger charge is -2.26. The zero-order valence-corrected chi connectivity index (χ0v) is 12.6. The van der Waals surface area contributed by atoms with Crippen molar-refractivity contribution >= 4 is 21.6 Å². The van der Waals surface area contributed by atoms with Gasteiger partial charge in [-0.25, -0.2) is 0 Å². The molecule has 1 aromatic carbocycles. The molecule has 2 aliphatic rings. The third-order valence-corrected chi connectivity index (χ3v) is 3.98. The second-order valence-electron chi connectivity index (χ2n) is 4.65. The van der Waals surface area contributed by atoms with Crippen molar-refractivity contribution in [3.8, 4) is 23.8 Å². The molecule has 2 heterocycles. The molecule has 0 saturated carbocycles. The number of nitrogens with one attached hydrogen (secondary N) is 2. The number of halogens is 1. The van der Waals surface area contributed by atoms with E-state index in [2.05, 4.69) is 37.4 Å². The van der Waals surface area contributed by atoms with Gasteiger partial charge in [0.05, 0.1) is 12.2 Å². The van der Waals surface area contributed by atoms with E-state index in [-0.39, 0.29) is 6.29 Å². The van der Waals surface area contributed by atoms with Gasteiger partial charge in [-0.1, -0.05) is 5.92 Å². The van der Waals surface area contributed by atoms with Crippen molar-refractivity contribution in [1.82, 2.24) is 10.2 Å². The van der Waals surface area contributed by atoms with Crippen LogP contribution in [0.15, 0.2) is 16.6 Å². The standard InChI is InChI=1S/C14H16BrN3O2/c1-2-4-18-5-3-16-14(18)17-11-9-13-12(8-10(11)15)19-6-7-20-13/h1,8-9,14,16-17H,3-7H2. The van der Waals surface area contributed by atoms with Crippen LogP contribution in [0.25, 0.3) is 0 Å². The van der Waals surface area contributed by atoms with E-state index in [1.807, 2.05) is 12.1 Å².